The smallest absolute Gasteiger partial charge is 0.308 e. The molecule has 0 fully saturated rings. The Hall–Kier alpha value is -0.590. The molecular formula is C2H3F3NO4P. The molecule has 0 aliphatic rings. The van der Waals surface area contributed by atoms with Crippen LogP contribution in [-0.4, -0.2) is 21.9 Å². The standard InChI is InChI=1S/C2H3F3NO4P/c3-2(4,5)1(7)6-11(8,9)10/h(H3,6,7,8,9,10). The topological polar surface area (TPSA) is 86.6 Å². The predicted molar refractivity (Wildman–Crippen MR) is 26.2 cm³/mol. The molecule has 0 bridgehead atoms. The van der Waals surface area contributed by atoms with Crippen LogP contribution >= 0.6 is 7.75 Å². The van der Waals surface area contributed by atoms with Gasteiger partial charge in [-0.25, -0.2) is 4.57 Å². The van der Waals surface area contributed by atoms with E-state index < -0.39 is 19.8 Å². The summed E-state index contributed by atoms with van der Waals surface area (Å²) >= 11 is 0. The van der Waals surface area contributed by atoms with Crippen molar-refractivity contribution in [3.63, 3.8) is 0 Å². The van der Waals surface area contributed by atoms with Crippen LogP contribution in [0.3, 0.4) is 0 Å². The van der Waals surface area contributed by atoms with Gasteiger partial charge in [0.05, 0.1) is 0 Å². The molecule has 0 heterocycles. The molecule has 0 atom stereocenters. The van der Waals surface area contributed by atoms with Crippen molar-refractivity contribution in [1.82, 2.24) is 5.09 Å². The molecule has 0 spiro atoms. The van der Waals surface area contributed by atoms with Crippen molar-refractivity contribution in [1.29, 1.82) is 0 Å². The van der Waals surface area contributed by atoms with Gasteiger partial charge in [0.25, 0.3) is 0 Å². The molecule has 0 aromatic heterocycles. The Morgan fingerprint density at radius 2 is 1.73 bits per heavy atom. The SMILES string of the molecule is O=C(NP(=O)(O)O)C(F)(F)F. The molecule has 0 saturated carbocycles. The first-order valence-electron chi connectivity index (χ1n) is 2.08. The lowest BCUT2D eigenvalue weighted by atomic mass is 10.6. The molecule has 3 N–H and O–H groups in total. The average molecular weight is 193 g/mol. The molecule has 0 aliphatic carbocycles. The number of hydrogen-bond donors (Lipinski definition) is 3. The highest BCUT2D eigenvalue weighted by atomic mass is 31.2. The van der Waals surface area contributed by atoms with Crippen molar-refractivity contribution >= 4 is 13.7 Å². The van der Waals surface area contributed by atoms with Crippen molar-refractivity contribution in [2.45, 2.75) is 6.18 Å². The van der Waals surface area contributed by atoms with Crippen LogP contribution in [0.4, 0.5) is 13.2 Å². The quantitative estimate of drug-likeness (QED) is 0.501. The number of alkyl halides is 3. The van der Waals surface area contributed by atoms with Crippen LogP contribution in [-0.2, 0) is 9.36 Å². The molecule has 5 nitrogen and oxygen atoms in total. The Morgan fingerprint density at radius 1 is 1.36 bits per heavy atom. The highest BCUT2D eigenvalue weighted by Crippen LogP contribution is 2.30. The first-order valence-corrected chi connectivity index (χ1v) is 3.69. The van der Waals surface area contributed by atoms with Crippen molar-refractivity contribution in [2.75, 3.05) is 0 Å². The van der Waals surface area contributed by atoms with E-state index in [2.05, 4.69) is 0 Å². The lowest BCUT2D eigenvalue weighted by Gasteiger charge is -2.07. The number of halogens is 3. The highest BCUT2D eigenvalue weighted by molar-refractivity contribution is 7.50. The molecule has 0 aromatic rings. The molecule has 0 radical (unpaired) electrons. The van der Waals surface area contributed by atoms with Gasteiger partial charge in [-0.15, -0.1) is 0 Å². The van der Waals surface area contributed by atoms with Crippen LogP contribution in [0.1, 0.15) is 0 Å². The van der Waals surface area contributed by atoms with Crippen molar-refractivity contribution in [3.8, 4) is 0 Å². The van der Waals surface area contributed by atoms with E-state index in [4.69, 9.17) is 9.79 Å². The zero-order chi connectivity index (χ0) is 9.28. The van der Waals surface area contributed by atoms with Crippen molar-refractivity contribution in [3.05, 3.63) is 0 Å². The van der Waals surface area contributed by atoms with Gasteiger partial charge in [-0.3, -0.25) is 9.88 Å². The number of nitrogens with one attached hydrogen (secondary N) is 1. The molecule has 66 valence electrons. The molecule has 0 aromatic carbocycles. The van der Waals surface area contributed by atoms with Crippen molar-refractivity contribution in [2.24, 2.45) is 0 Å². The van der Waals surface area contributed by atoms with Crippen LogP contribution in [0.5, 0.6) is 0 Å². The molecule has 1 amide bonds. The van der Waals surface area contributed by atoms with Crippen LogP contribution < -0.4 is 5.09 Å². The normalized spacial score (nSPS) is 12.8. The number of rotatable bonds is 1. The van der Waals surface area contributed by atoms with Gasteiger partial charge < -0.3 is 9.79 Å². The van der Waals surface area contributed by atoms with Crippen LogP contribution in [0.2, 0.25) is 0 Å². The Balaban J connectivity index is 4.23. The fraction of sp³-hybridized carbons (Fsp3) is 0.500. The van der Waals surface area contributed by atoms with Crippen LogP contribution in [0, 0.1) is 0 Å². The zero-order valence-corrected chi connectivity index (χ0v) is 5.69. The lowest BCUT2D eigenvalue weighted by molar-refractivity contribution is -0.171. The van der Waals surface area contributed by atoms with Gasteiger partial charge in [-0.05, 0) is 0 Å². The number of amides is 1. The number of hydrogen-bond acceptors (Lipinski definition) is 2. The molecule has 11 heavy (non-hydrogen) atoms. The summed E-state index contributed by atoms with van der Waals surface area (Å²) in [5.41, 5.74) is 0. The maximum absolute atomic E-state index is 11.2. The van der Waals surface area contributed by atoms with Crippen molar-refractivity contribution < 1.29 is 32.3 Å². The van der Waals surface area contributed by atoms with Crippen LogP contribution in [0.25, 0.3) is 0 Å². The summed E-state index contributed by atoms with van der Waals surface area (Å²) in [6.07, 6.45) is -5.28. The summed E-state index contributed by atoms with van der Waals surface area (Å²) in [6.45, 7) is 0. The second-order valence-electron chi connectivity index (χ2n) is 1.48. The monoisotopic (exact) mass is 193 g/mol. The molecular weight excluding hydrogens is 190 g/mol. The summed E-state index contributed by atoms with van der Waals surface area (Å²) in [7, 11) is -5.14. The first kappa shape index (κ1) is 10.4. The van der Waals surface area contributed by atoms with E-state index in [9.17, 15) is 22.5 Å². The highest BCUT2D eigenvalue weighted by Gasteiger charge is 2.41. The fourth-order valence-corrected chi connectivity index (χ4v) is 0.587. The summed E-state index contributed by atoms with van der Waals surface area (Å²) in [5.74, 6) is -2.66. The third kappa shape index (κ3) is 4.77. The fourth-order valence-electron chi connectivity index (χ4n) is 0.196. The van der Waals surface area contributed by atoms with Gasteiger partial charge in [0, 0.05) is 0 Å². The third-order valence-electron chi connectivity index (χ3n) is 0.505. The second-order valence-corrected chi connectivity index (χ2v) is 2.79. The summed E-state index contributed by atoms with van der Waals surface area (Å²) in [6, 6.07) is 0. The predicted octanol–water partition coefficient (Wildman–Crippen LogP) is -0.242. The Bertz CT molecular complexity index is 206. The lowest BCUT2D eigenvalue weighted by Crippen LogP contribution is -2.34. The molecule has 0 unspecified atom stereocenters. The Labute approximate surface area is 58.4 Å². The molecule has 0 aliphatic heterocycles. The van der Waals surface area contributed by atoms with E-state index >= 15 is 0 Å². The zero-order valence-electron chi connectivity index (χ0n) is 4.79. The van der Waals surface area contributed by atoms with E-state index in [-0.39, 0.29) is 0 Å². The number of carbonyl (C=O) groups is 1. The Kier molecular flexibility index (Phi) is 2.65. The summed E-state index contributed by atoms with van der Waals surface area (Å²) < 4.78 is 43.4. The maximum atomic E-state index is 11.2. The molecule has 0 saturated heterocycles. The van der Waals surface area contributed by atoms with Gasteiger partial charge in [0.1, 0.15) is 0 Å². The van der Waals surface area contributed by atoms with E-state index in [1.54, 1.807) is 0 Å². The van der Waals surface area contributed by atoms with E-state index in [1.807, 2.05) is 0 Å². The maximum Gasteiger partial charge on any atom is 0.471 e. The first-order chi connectivity index (χ1) is 4.63. The van der Waals surface area contributed by atoms with Gasteiger partial charge in [0.2, 0.25) is 0 Å². The van der Waals surface area contributed by atoms with E-state index in [0.29, 0.717) is 5.09 Å². The Morgan fingerprint density at radius 3 is 1.82 bits per heavy atom. The average Bonchev–Trinajstić information content (AvgIpc) is 1.56. The van der Waals surface area contributed by atoms with E-state index in [1.165, 1.54) is 0 Å². The minimum atomic E-state index is -5.28. The second kappa shape index (κ2) is 2.80. The molecule has 9 heteroatoms. The van der Waals surface area contributed by atoms with Gasteiger partial charge >= 0.3 is 19.8 Å². The van der Waals surface area contributed by atoms with E-state index in [0.717, 1.165) is 0 Å². The molecule has 0 rings (SSSR count). The summed E-state index contributed by atoms with van der Waals surface area (Å²) in [5, 5.41) is 0.462. The minimum Gasteiger partial charge on any atom is -0.308 e. The van der Waals surface area contributed by atoms with Gasteiger partial charge in [-0.1, -0.05) is 0 Å². The van der Waals surface area contributed by atoms with Gasteiger partial charge in [-0.2, -0.15) is 13.2 Å². The van der Waals surface area contributed by atoms with Crippen LogP contribution in [0.15, 0.2) is 0 Å². The van der Waals surface area contributed by atoms with Gasteiger partial charge in [0.15, 0.2) is 0 Å². The largest absolute Gasteiger partial charge is 0.471 e. The number of carbonyl (C=O) groups excluding carboxylic acids is 1. The third-order valence-corrected chi connectivity index (χ3v) is 0.999. The summed E-state index contributed by atoms with van der Waals surface area (Å²) in [4.78, 5) is 25.4. The minimum absolute atomic E-state index is 0.462.